The lowest BCUT2D eigenvalue weighted by atomic mass is 9.99. The molecule has 1 aliphatic rings. The number of nitrogens with one attached hydrogen (secondary N) is 1. The fraction of sp³-hybridized carbons (Fsp3) is 0.571. The highest BCUT2D eigenvalue weighted by Gasteiger charge is 2.15. The Morgan fingerprint density at radius 2 is 2.06 bits per heavy atom. The summed E-state index contributed by atoms with van der Waals surface area (Å²) in [6.07, 6.45) is 1.32. The van der Waals surface area contributed by atoms with Crippen molar-refractivity contribution in [2.45, 2.75) is 25.9 Å². The predicted octanol–water partition coefficient (Wildman–Crippen LogP) is 3.10. The molecule has 1 saturated heterocycles. The zero-order valence-corrected chi connectivity index (χ0v) is 10.3. The van der Waals surface area contributed by atoms with Gasteiger partial charge in [0.15, 0.2) is 0 Å². The molecule has 0 saturated carbocycles. The summed E-state index contributed by atoms with van der Waals surface area (Å²) in [6, 6.07) is 7.39. The van der Waals surface area contributed by atoms with E-state index < -0.39 is 6.17 Å². The van der Waals surface area contributed by atoms with Gasteiger partial charge in [0.2, 0.25) is 0 Å². The third-order valence-electron chi connectivity index (χ3n) is 3.28. The molecule has 17 heavy (non-hydrogen) atoms. The van der Waals surface area contributed by atoms with Crippen molar-refractivity contribution in [1.82, 2.24) is 5.32 Å². The van der Waals surface area contributed by atoms with Gasteiger partial charge in [-0.15, -0.1) is 0 Å². The van der Waals surface area contributed by atoms with Gasteiger partial charge in [-0.3, -0.25) is 0 Å². The van der Waals surface area contributed by atoms with E-state index >= 15 is 0 Å². The van der Waals surface area contributed by atoms with Crippen molar-refractivity contribution < 1.29 is 9.13 Å². The van der Waals surface area contributed by atoms with E-state index in [0.717, 1.165) is 25.9 Å². The maximum Gasteiger partial charge on any atom is 0.126 e. The lowest BCUT2D eigenvalue weighted by Gasteiger charge is -2.23. The number of hydrogen-bond acceptors (Lipinski definition) is 2. The molecule has 1 fully saturated rings. The molecule has 0 radical (unpaired) electrons. The quantitative estimate of drug-likeness (QED) is 0.868. The summed E-state index contributed by atoms with van der Waals surface area (Å²) in [5.74, 6) is 1.29. The Balaban J connectivity index is 1.93. The normalized spacial score (nSPS) is 18.9. The summed E-state index contributed by atoms with van der Waals surface area (Å²) < 4.78 is 19.1. The fourth-order valence-corrected chi connectivity index (χ4v) is 2.20. The first-order valence-electron chi connectivity index (χ1n) is 6.34. The highest BCUT2D eigenvalue weighted by molar-refractivity contribution is 5.34. The largest absolute Gasteiger partial charge is 0.493 e. The monoisotopic (exact) mass is 237 g/mol. The molecule has 2 rings (SSSR count). The second-order valence-electron chi connectivity index (χ2n) is 4.66. The number of piperidine rings is 1. The number of ether oxygens (including phenoxy) is 1. The van der Waals surface area contributed by atoms with Gasteiger partial charge in [0.1, 0.15) is 11.9 Å². The fourth-order valence-electron chi connectivity index (χ4n) is 2.20. The summed E-state index contributed by atoms with van der Waals surface area (Å²) >= 11 is 0. The second-order valence-corrected chi connectivity index (χ2v) is 4.66. The van der Waals surface area contributed by atoms with Crippen molar-refractivity contribution in [2.24, 2.45) is 5.92 Å². The molecule has 0 spiro atoms. The average molecular weight is 237 g/mol. The number of para-hydroxylation sites is 1. The molecule has 3 heteroatoms. The Labute approximate surface area is 102 Å². The molecule has 2 nitrogen and oxygen atoms in total. The Hall–Kier alpha value is -1.09. The van der Waals surface area contributed by atoms with Gasteiger partial charge in [-0.2, -0.15) is 0 Å². The van der Waals surface area contributed by atoms with Crippen molar-refractivity contribution in [1.29, 1.82) is 0 Å². The maximum atomic E-state index is 13.4. The van der Waals surface area contributed by atoms with Gasteiger partial charge in [-0.1, -0.05) is 18.2 Å². The molecule has 1 heterocycles. The zero-order valence-electron chi connectivity index (χ0n) is 10.3. The third kappa shape index (κ3) is 3.43. The van der Waals surface area contributed by atoms with Crippen molar-refractivity contribution >= 4 is 0 Å². The average Bonchev–Trinajstić information content (AvgIpc) is 2.38. The highest BCUT2D eigenvalue weighted by Crippen LogP contribution is 2.28. The highest BCUT2D eigenvalue weighted by atomic mass is 19.1. The third-order valence-corrected chi connectivity index (χ3v) is 3.28. The van der Waals surface area contributed by atoms with Crippen LogP contribution in [0.5, 0.6) is 5.75 Å². The van der Waals surface area contributed by atoms with E-state index in [1.54, 1.807) is 13.0 Å². The molecule has 0 bridgehead atoms. The predicted molar refractivity (Wildman–Crippen MR) is 67.1 cm³/mol. The first-order valence-corrected chi connectivity index (χ1v) is 6.34. The molecule has 1 atom stereocenters. The van der Waals surface area contributed by atoms with E-state index in [-0.39, 0.29) is 0 Å². The van der Waals surface area contributed by atoms with Crippen LogP contribution in [-0.4, -0.2) is 19.7 Å². The number of hydrogen-bond donors (Lipinski definition) is 1. The molecular formula is C14H20FNO. The summed E-state index contributed by atoms with van der Waals surface area (Å²) in [5.41, 5.74) is 0.654. The minimum Gasteiger partial charge on any atom is -0.493 e. The van der Waals surface area contributed by atoms with Crippen molar-refractivity contribution in [3.8, 4) is 5.75 Å². The lowest BCUT2D eigenvalue weighted by molar-refractivity contribution is 0.210. The van der Waals surface area contributed by atoms with E-state index in [1.165, 1.54) is 0 Å². The molecular weight excluding hydrogens is 217 g/mol. The van der Waals surface area contributed by atoms with E-state index in [0.29, 0.717) is 23.8 Å². The number of alkyl halides is 1. The van der Waals surface area contributed by atoms with Gasteiger partial charge >= 0.3 is 0 Å². The summed E-state index contributed by atoms with van der Waals surface area (Å²) in [4.78, 5) is 0. The summed E-state index contributed by atoms with van der Waals surface area (Å²) in [7, 11) is 0. The molecule has 1 aromatic rings. The SMILES string of the molecule is CC(F)c1ccccc1OCC1CCNCC1. The maximum absolute atomic E-state index is 13.4. The van der Waals surface area contributed by atoms with Crippen LogP contribution < -0.4 is 10.1 Å². The topological polar surface area (TPSA) is 21.3 Å². The van der Waals surface area contributed by atoms with E-state index in [2.05, 4.69) is 5.32 Å². The van der Waals surface area contributed by atoms with Crippen LogP contribution in [0.4, 0.5) is 4.39 Å². The Morgan fingerprint density at radius 3 is 2.76 bits per heavy atom. The summed E-state index contributed by atoms with van der Waals surface area (Å²) in [6.45, 7) is 4.38. The molecule has 1 unspecified atom stereocenters. The molecule has 1 aromatic carbocycles. The minimum atomic E-state index is -0.973. The summed E-state index contributed by atoms with van der Waals surface area (Å²) in [5, 5.41) is 3.33. The van der Waals surface area contributed by atoms with Gasteiger partial charge in [0.05, 0.1) is 6.61 Å². The van der Waals surface area contributed by atoms with Gasteiger partial charge in [0, 0.05) is 5.56 Å². The van der Waals surface area contributed by atoms with E-state index in [4.69, 9.17) is 4.74 Å². The Kier molecular flexibility index (Phi) is 4.37. The molecule has 1 aliphatic heterocycles. The van der Waals surface area contributed by atoms with Crippen LogP contribution in [0.3, 0.4) is 0 Å². The Bertz CT molecular complexity index is 348. The minimum absolute atomic E-state index is 0.597. The number of benzene rings is 1. The molecule has 0 amide bonds. The zero-order chi connectivity index (χ0) is 12.1. The Morgan fingerprint density at radius 1 is 1.35 bits per heavy atom. The van der Waals surface area contributed by atoms with Gasteiger partial charge < -0.3 is 10.1 Å². The molecule has 0 aliphatic carbocycles. The number of halogens is 1. The van der Waals surface area contributed by atoms with Crippen LogP contribution in [-0.2, 0) is 0 Å². The van der Waals surface area contributed by atoms with Crippen LogP contribution in [0, 0.1) is 5.92 Å². The lowest BCUT2D eigenvalue weighted by Crippen LogP contribution is -2.30. The standard InChI is InChI=1S/C14H20FNO/c1-11(15)13-4-2-3-5-14(13)17-10-12-6-8-16-9-7-12/h2-5,11-12,16H,6-10H2,1H3. The van der Waals surface area contributed by atoms with Crippen LogP contribution in [0.15, 0.2) is 24.3 Å². The van der Waals surface area contributed by atoms with Crippen molar-refractivity contribution in [3.05, 3.63) is 29.8 Å². The first-order chi connectivity index (χ1) is 8.27. The van der Waals surface area contributed by atoms with Crippen LogP contribution in [0.2, 0.25) is 0 Å². The van der Waals surface area contributed by atoms with Crippen LogP contribution in [0.1, 0.15) is 31.5 Å². The molecule has 94 valence electrons. The second kappa shape index (κ2) is 6.01. The van der Waals surface area contributed by atoms with Gasteiger partial charge in [-0.05, 0) is 44.8 Å². The van der Waals surface area contributed by atoms with Crippen molar-refractivity contribution in [2.75, 3.05) is 19.7 Å². The van der Waals surface area contributed by atoms with Crippen molar-refractivity contribution in [3.63, 3.8) is 0 Å². The van der Waals surface area contributed by atoms with Gasteiger partial charge in [0.25, 0.3) is 0 Å². The first kappa shape index (κ1) is 12.4. The van der Waals surface area contributed by atoms with Crippen LogP contribution in [0.25, 0.3) is 0 Å². The van der Waals surface area contributed by atoms with E-state index in [1.807, 2.05) is 18.2 Å². The smallest absolute Gasteiger partial charge is 0.126 e. The van der Waals surface area contributed by atoms with Gasteiger partial charge in [-0.25, -0.2) is 4.39 Å². The van der Waals surface area contributed by atoms with E-state index in [9.17, 15) is 4.39 Å². The molecule has 0 aromatic heterocycles. The molecule has 1 N–H and O–H groups in total. The van der Waals surface area contributed by atoms with Crippen LogP contribution >= 0.6 is 0 Å². The number of rotatable bonds is 4.